The standard InChI is InChI=1S/C37H35N3O6/c1-25-6-5-7-26(20-25)14-19-33(41)39-32(21-27-12-17-31(18-13-27)46-23-34(42)43)35(44)40-24-37(40,36(38)45)22-28-10-15-30(16-11-28)29-8-3-2-4-9-29/h2-13,15-18,20,24,32H,14,19,21-23H2,1H3,(H3-,38,39,41,42,43,45)/p+1/t32-,37-/m0/s1. The Bertz CT molecular complexity index is 1770. The van der Waals surface area contributed by atoms with Crippen LogP contribution in [0.1, 0.15) is 28.7 Å². The van der Waals surface area contributed by atoms with Gasteiger partial charge >= 0.3 is 23.3 Å². The molecule has 1 aliphatic heterocycles. The second kappa shape index (κ2) is 14.0. The Kier molecular flexibility index (Phi) is 9.71. The van der Waals surface area contributed by atoms with E-state index in [1.807, 2.05) is 85.8 Å². The molecular weight excluding hydrogens is 582 g/mol. The lowest BCUT2D eigenvalue weighted by atomic mass is 9.94. The van der Waals surface area contributed by atoms with Crippen molar-refractivity contribution in [3.05, 3.63) is 125 Å². The van der Waals surface area contributed by atoms with E-state index in [1.54, 1.807) is 24.3 Å². The molecule has 5 rings (SSSR count). The van der Waals surface area contributed by atoms with Gasteiger partial charge in [0.1, 0.15) is 5.75 Å². The number of rotatable bonds is 14. The zero-order chi connectivity index (χ0) is 32.7. The lowest BCUT2D eigenvalue weighted by molar-refractivity contribution is -0.419. The van der Waals surface area contributed by atoms with E-state index in [0.717, 1.165) is 27.8 Å². The van der Waals surface area contributed by atoms with Crippen LogP contribution in [0.15, 0.2) is 103 Å². The Hall–Kier alpha value is -5.57. The summed E-state index contributed by atoms with van der Waals surface area (Å²) in [6.07, 6.45) is 2.54. The molecule has 0 saturated heterocycles. The molecule has 1 aliphatic rings. The molecule has 2 atom stereocenters. The molecule has 0 unspecified atom stereocenters. The first-order valence-electron chi connectivity index (χ1n) is 15.0. The third-order valence-corrected chi connectivity index (χ3v) is 7.99. The van der Waals surface area contributed by atoms with Crippen molar-refractivity contribution in [1.82, 2.24) is 5.32 Å². The highest BCUT2D eigenvalue weighted by molar-refractivity contribution is 6.09. The molecule has 0 aliphatic carbocycles. The van der Waals surface area contributed by atoms with Gasteiger partial charge in [-0.2, -0.15) is 0 Å². The molecule has 4 N–H and O–H groups in total. The lowest BCUT2D eigenvalue weighted by Crippen LogP contribution is -2.49. The quantitative estimate of drug-likeness (QED) is 0.184. The Morgan fingerprint density at radius 1 is 0.848 bits per heavy atom. The molecule has 0 spiro atoms. The minimum absolute atomic E-state index is 0.138. The van der Waals surface area contributed by atoms with E-state index in [4.69, 9.17) is 15.6 Å². The van der Waals surface area contributed by atoms with Crippen LogP contribution in [0.5, 0.6) is 5.75 Å². The molecule has 234 valence electrons. The molecule has 0 saturated carbocycles. The van der Waals surface area contributed by atoms with Crippen LogP contribution in [0.4, 0.5) is 0 Å². The number of carboxylic acid groups (broad SMARTS) is 1. The predicted molar refractivity (Wildman–Crippen MR) is 174 cm³/mol. The highest BCUT2D eigenvalue weighted by Gasteiger charge is 2.65. The van der Waals surface area contributed by atoms with Crippen molar-refractivity contribution in [2.75, 3.05) is 6.61 Å². The number of carboxylic acids is 1. The Morgan fingerprint density at radius 3 is 2.17 bits per heavy atom. The zero-order valence-corrected chi connectivity index (χ0v) is 25.5. The van der Waals surface area contributed by atoms with Gasteiger partial charge in [0, 0.05) is 12.8 Å². The molecule has 9 heteroatoms. The molecule has 0 fully saturated rings. The number of hydrogen-bond acceptors (Lipinski definition) is 5. The third kappa shape index (κ3) is 7.92. The average molecular weight is 619 g/mol. The van der Waals surface area contributed by atoms with Crippen molar-refractivity contribution in [2.45, 2.75) is 44.2 Å². The van der Waals surface area contributed by atoms with Crippen molar-refractivity contribution in [1.29, 1.82) is 0 Å². The van der Waals surface area contributed by atoms with Gasteiger partial charge in [-0.15, -0.1) is 4.58 Å². The fourth-order valence-corrected chi connectivity index (χ4v) is 5.46. The van der Waals surface area contributed by atoms with E-state index in [9.17, 15) is 19.2 Å². The third-order valence-electron chi connectivity index (χ3n) is 7.99. The van der Waals surface area contributed by atoms with Crippen LogP contribution in [-0.4, -0.2) is 57.8 Å². The second-order valence-corrected chi connectivity index (χ2v) is 11.5. The van der Waals surface area contributed by atoms with E-state index < -0.39 is 36.0 Å². The molecule has 1 heterocycles. The Balaban J connectivity index is 1.31. The van der Waals surface area contributed by atoms with Gasteiger partial charge in [0.25, 0.3) is 0 Å². The molecule has 46 heavy (non-hydrogen) atoms. The highest BCUT2D eigenvalue weighted by Crippen LogP contribution is 2.29. The first kappa shape index (κ1) is 31.8. The van der Waals surface area contributed by atoms with Gasteiger partial charge in [0.2, 0.25) is 12.1 Å². The normalized spacial score (nSPS) is 15.7. The predicted octanol–water partition coefficient (Wildman–Crippen LogP) is 3.88. The number of nitrogens with one attached hydrogen (secondary N) is 1. The number of amides is 3. The number of aliphatic carboxylic acids is 1. The van der Waals surface area contributed by atoms with Crippen LogP contribution in [0.2, 0.25) is 0 Å². The topological polar surface area (TPSA) is 139 Å². The Morgan fingerprint density at radius 2 is 1.52 bits per heavy atom. The summed E-state index contributed by atoms with van der Waals surface area (Å²) in [6.45, 7) is 1.51. The molecule has 0 bridgehead atoms. The zero-order valence-electron chi connectivity index (χ0n) is 25.5. The van der Waals surface area contributed by atoms with Gasteiger partial charge in [-0.1, -0.05) is 96.6 Å². The molecule has 4 aromatic rings. The molecule has 0 radical (unpaired) electrons. The number of hydrogen-bond donors (Lipinski definition) is 3. The van der Waals surface area contributed by atoms with Crippen LogP contribution in [0.25, 0.3) is 11.1 Å². The van der Waals surface area contributed by atoms with Crippen molar-refractivity contribution in [3.63, 3.8) is 0 Å². The van der Waals surface area contributed by atoms with E-state index in [1.165, 1.54) is 10.8 Å². The van der Waals surface area contributed by atoms with Crippen LogP contribution < -0.4 is 15.8 Å². The monoisotopic (exact) mass is 618 g/mol. The second-order valence-electron chi connectivity index (χ2n) is 11.5. The summed E-state index contributed by atoms with van der Waals surface area (Å²) in [7, 11) is 0. The first-order chi connectivity index (χ1) is 22.1. The number of carbonyl (C=O) groups excluding carboxylic acids is 3. The maximum atomic E-state index is 13.9. The molecule has 3 amide bonds. The maximum Gasteiger partial charge on any atom is 0.411 e. The van der Waals surface area contributed by atoms with Crippen LogP contribution in [0.3, 0.4) is 0 Å². The smallest absolute Gasteiger partial charge is 0.411 e. The number of primary amides is 1. The number of aryl methyl sites for hydroxylation is 2. The van der Waals surface area contributed by atoms with E-state index in [-0.39, 0.29) is 25.2 Å². The Labute approximate surface area is 267 Å². The number of carbonyl (C=O) groups is 4. The molecule has 4 aromatic carbocycles. The number of nitrogens with zero attached hydrogens (tertiary/aromatic N) is 1. The maximum absolute atomic E-state index is 13.9. The van der Waals surface area contributed by atoms with E-state index >= 15 is 0 Å². The van der Waals surface area contributed by atoms with E-state index in [0.29, 0.717) is 17.7 Å². The number of benzene rings is 4. The summed E-state index contributed by atoms with van der Waals surface area (Å²) in [4.78, 5) is 50.7. The van der Waals surface area contributed by atoms with Crippen molar-refractivity contribution < 1.29 is 33.6 Å². The van der Waals surface area contributed by atoms with Gasteiger partial charge in [-0.25, -0.2) is 9.59 Å². The first-order valence-corrected chi connectivity index (χ1v) is 15.0. The summed E-state index contributed by atoms with van der Waals surface area (Å²) < 4.78 is 6.54. The van der Waals surface area contributed by atoms with Crippen LogP contribution >= 0.6 is 0 Å². The minimum Gasteiger partial charge on any atom is -0.482 e. The van der Waals surface area contributed by atoms with Crippen LogP contribution in [-0.2, 0) is 38.4 Å². The van der Waals surface area contributed by atoms with Gasteiger partial charge in [0.05, 0.1) is 6.42 Å². The molecule has 0 aromatic heterocycles. The highest BCUT2D eigenvalue weighted by atomic mass is 16.5. The van der Waals surface area contributed by atoms with Crippen molar-refractivity contribution >= 4 is 29.9 Å². The summed E-state index contributed by atoms with van der Waals surface area (Å²) in [5.74, 6) is -2.14. The van der Waals surface area contributed by atoms with Gasteiger partial charge in [0.15, 0.2) is 12.6 Å². The summed E-state index contributed by atoms with van der Waals surface area (Å²) in [5.41, 5.74) is 10.3. The van der Waals surface area contributed by atoms with Gasteiger partial charge in [-0.3, -0.25) is 9.59 Å². The molecule has 9 nitrogen and oxygen atoms in total. The minimum atomic E-state index is -1.32. The summed E-state index contributed by atoms with van der Waals surface area (Å²) >= 11 is 0. The van der Waals surface area contributed by atoms with Gasteiger partial charge < -0.3 is 20.9 Å². The van der Waals surface area contributed by atoms with Crippen molar-refractivity contribution in [2.24, 2.45) is 5.73 Å². The lowest BCUT2D eigenvalue weighted by Gasteiger charge is -2.16. The largest absolute Gasteiger partial charge is 0.482 e. The molecular formula is C37H36N3O6+. The average Bonchev–Trinajstić information content (AvgIpc) is 3.79. The fraction of sp³-hybridized carbons (Fsp3) is 0.216. The SMILES string of the molecule is Cc1cccc(CCC(=O)N[C@@H](Cc2ccc(OCC(=O)O)cc2)C(=O)[N+]2=C[C@@]2(Cc2ccc(-c3ccccc3)cc2)C(N)=O)c1. The van der Waals surface area contributed by atoms with Crippen LogP contribution in [0, 0.1) is 6.92 Å². The summed E-state index contributed by atoms with van der Waals surface area (Å²) in [5, 5.41) is 11.8. The summed E-state index contributed by atoms with van der Waals surface area (Å²) in [6, 6.07) is 31.2. The number of nitrogens with two attached hydrogens (primary N) is 1. The fourth-order valence-electron chi connectivity index (χ4n) is 5.46. The number of ether oxygens (including phenoxy) is 1. The van der Waals surface area contributed by atoms with Gasteiger partial charge in [-0.05, 0) is 53.3 Å². The van der Waals surface area contributed by atoms with E-state index in [2.05, 4.69) is 5.32 Å². The van der Waals surface area contributed by atoms with Crippen molar-refractivity contribution in [3.8, 4) is 16.9 Å².